The zero-order chi connectivity index (χ0) is 20.7. The van der Waals surface area contributed by atoms with Crippen molar-refractivity contribution in [2.75, 3.05) is 0 Å². The molecule has 0 radical (unpaired) electrons. The minimum atomic E-state index is 0.327. The number of nitrogens with zero attached hydrogens (tertiary/aromatic N) is 4. The van der Waals surface area contributed by atoms with E-state index in [1.807, 2.05) is 24.5 Å². The fraction of sp³-hybridized carbons (Fsp3) is 0.167. The molecule has 30 heavy (non-hydrogen) atoms. The molecule has 0 unspecified atom stereocenters. The van der Waals surface area contributed by atoms with Gasteiger partial charge in [0.05, 0.1) is 11.4 Å². The lowest BCUT2D eigenvalue weighted by molar-refractivity contribution is 0.816. The Hall–Kier alpha value is -3.38. The molecule has 4 heterocycles. The quantitative estimate of drug-likeness (QED) is 0.380. The van der Waals surface area contributed by atoms with Crippen molar-refractivity contribution in [3.63, 3.8) is 0 Å². The molecule has 1 N–H and O–H groups in total. The Bertz CT molecular complexity index is 1330. The van der Waals surface area contributed by atoms with Gasteiger partial charge in [0.15, 0.2) is 0 Å². The lowest BCUT2D eigenvalue weighted by atomic mass is 10.0. The van der Waals surface area contributed by atoms with Crippen LogP contribution in [0, 0.1) is 6.92 Å². The van der Waals surface area contributed by atoms with Gasteiger partial charge >= 0.3 is 0 Å². The Kier molecular flexibility index (Phi) is 4.64. The topological polar surface area (TPSA) is 67.3 Å². The number of rotatable bonds is 4. The third-order valence-corrected chi connectivity index (χ3v) is 6.20. The van der Waals surface area contributed by atoms with Gasteiger partial charge in [0.2, 0.25) is 0 Å². The van der Waals surface area contributed by atoms with Gasteiger partial charge in [-0.1, -0.05) is 19.9 Å². The van der Waals surface area contributed by atoms with Gasteiger partial charge in [0.1, 0.15) is 11.3 Å². The second-order valence-corrected chi connectivity index (χ2v) is 8.83. The van der Waals surface area contributed by atoms with Crippen molar-refractivity contribution in [2.24, 2.45) is 0 Å². The van der Waals surface area contributed by atoms with Crippen molar-refractivity contribution in [1.29, 1.82) is 0 Å². The van der Waals surface area contributed by atoms with E-state index in [4.69, 9.17) is 4.98 Å². The van der Waals surface area contributed by atoms with Crippen LogP contribution in [0.15, 0.2) is 61.3 Å². The number of hydrogen-bond donors (Lipinski definition) is 1. The summed E-state index contributed by atoms with van der Waals surface area (Å²) in [5.41, 5.74) is 7.42. The van der Waals surface area contributed by atoms with E-state index in [0.717, 1.165) is 49.7 Å². The molecule has 0 amide bonds. The molecular weight excluding hydrogens is 390 g/mol. The molecule has 4 aromatic heterocycles. The van der Waals surface area contributed by atoms with Crippen LogP contribution in [0.5, 0.6) is 0 Å². The summed E-state index contributed by atoms with van der Waals surface area (Å²) in [6, 6.07) is 12.6. The molecule has 0 aliphatic carbocycles. The first-order valence-corrected chi connectivity index (χ1v) is 10.7. The third-order valence-electron chi connectivity index (χ3n) is 5.18. The molecule has 5 aromatic rings. The summed E-state index contributed by atoms with van der Waals surface area (Å²) in [5.74, 6) is 0.327. The molecule has 5 rings (SSSR count). The fourth-order valence-electron chi connectivity index (χ4n) is 3.71. The average Bonchev–Trinajstić information content (AvgIpc) is 3.37. The molecule has 0 aliphatic heterocycles. The Morgan fingerprint density at radius 2 is 1.90 bits per heavy atom. The first kappa shape index (κ1) is 18.6. The average molecular weight is 412 g/mol. The number of nitrogens with one attached hydrogen (secondary N) is 1. The molecule has 0 saturated heterocycles. The number of aryl methyl sites for hydroxylation is 1. The monoisotopic (exact) mass is 411 g/mol. The van der Waals surface area contributed by atoms with Crippen molar-refractivity contribution in [2.45, 2.75) is 26.7 Å². The maximum absolute atomic E-state index is 4.91. The maximum atomic E-state index is 4.91. The van der Waals surface area contributed by atoms with E-state index in [0.29, 0.717) is 5.92 Å². The standard InChI is InChI=1S/C24H21N5S/c1-14(2)22-19(12-26-13-27-22)21-10-18-9-16(6-7-20(18)28-21)23-15(3)30-24(29-23)17-5-4-8-25-11-17/h4-14,28H,1-3H3. The Morgan fingerprint density at radius 1 is 1.00 bits per heavy atom. The number of fused-ring (bicyclic) bond motifs is 1. The van der Waals surface area contributed by atoms with Crippen LogP contribution in [0.3, 0.4) is 0 Å². The molecule has 0 spiro atoms. The summed E-state index contributed by atoms with van der Waals surface area (Å²) in [5, 5.41) is 2.14. The van der Waals surface area contributed by atoms with Gasteiger partial charge < -0.3 is 4.98 Å². The van der Waals surface area contributed by atoms with E-state index in [1.54, 1.807) is 23.9 Å². The zero-order valence-electron chi connectivity index (χ0n) is 17.0. The predicted octanol–water partition coefficient (Wildman–Crippen LogP) is 6.24. The molecule has 0 saturated carbocycles. The van der Waals surface area contributed by atoms with Gasteiger partial charge in [-0.2, -0.15) is 0 Å². The first-order chi connectivity index (χ1) is 14.6. The highest BCUT2D eigenvalue weighted by atomic mass is 32.1. The van der Waals surface area contributed by atoms with Crippen LogP contribution in [-0.2, 0) is 0 Å². The number of aromatic nitrogens is 5. The number of hydrogen-bond acceptors (Lipinski definition) is 5. The zero-order valence-corrected chi connectivity index (χ0v) is 17.9. The summed E-state index contributed by atoms with van der Waals surface area (Å²) in [4.78, 5) is 22.6. The molecule has 0 aliphatic rings. The Balaban J connectivity index is 1.57. The highest BCUT2D eigenvalue weighted by molar-refractivity contribution is 7.15. The Morgan fingerprint density at radius 3 is 2.70 bits per heavy atom. The SMILES string of the molecule is Cc1sc(-c2cccnc2)nc1-c1ccc2[nH]c(-c3cncnc3C(C)C)cc2c1. The minimum Gasteiger partial charge on any atom is -0.354 e. The van der Waals surface area contributed by atoms with Crippen molar-refractivity contribution in [1.82, 2.24) is 24.9 Å². The van der Waals surface area contributed by atoms with Gasteiger partial charge in [-0.15, -0.1) is 11.3 Å². The van der Waals surface area contributed by atoms with E-state index in [1.165, 1.54) is 4.88 Å². The van der Waals surface area contributed by atoms with Gasteiger partial charge in [-0.05, 0) is 43.2 Å². The number of benzene rings is 1. The summed E-state index contributed by atoms with van der Waals surface area (Å²) < 4.78 is 0. The lowest BCUT2D eigenvalue weighted by Crippen LogP contribution is -1.97. The summed E-state index contributed by atoms with van der Waals surface area (Å²) >= 11 is 1.70. The number of aromatic amines is 1. The Labute approximate surface area is 178 Å². The maximum Gasteiger partial charge on any atom is 0.125 e. The second kappa shape index (κ2) is 7.46. The van der Waals surface area contributed by atoms with Crippen molar-refractivity contribution >= 4 is 22.2 Å². The predicted molar refractivity (Wildman–Crippen MR) is 122 cm³/mol. The van der Waals surface area contributed by atoms with Gasteiger partial charge in [-0.25, -0.2) is 15.0 Å². The van der Waals surface area contributed by atoms with E-state index in [2.05, 4.69) is 65.0 Å². The number of H-pyrrole nitrogens is 1. The fourth-order valence-corrected chi connectivity index (χ4v) is 4.63. The molecule has 0 fully saturated rings. The molecule has 6 heteroatoms. The third kappa shape index (κ3) is 3.29. The van der Waals surface area contributed by atoms with Crippen molar-refractivity contribution < 1.29 is 0 Å². The molecule has 0 bridgehead atoms. The van der Waals surface area contributed by atoms with Gasteiger partial charge in [0, 0.05) is 56.8 Å². The molecular formula is C24H21N5S. The molecule has 1 aromatic carbocycles. The van der Waals surface area contributed by atoms with Crippen LogP contribution < -0.4 is 0 Å². The number of pyridine rings is 1. The molecule has 148 valence electrons. The van der Waals surface area contributed by atoms with E-state index < -0.39 is 0 Å². The summed E-state index contributed by atoms with van der Waals surface area (Å²) in [6.45, 7) is 6.42. The normalized spacial score (nSPS) is 11.5. The smallest absolute Gasteiger partial charge is 0.125 e. The molecule has 5 nitrogen and oxygen atoms in total. The van der Waals surface area contributed by atoms with E-state index in [-0.39, 0.29) is 0 Å². The molecule has 0 atom stereocenters. The first-order valence-electron chi connectivity index (χ1n) is 9.91. The largest absolute Gasteiger partial charge is 0.354 e. The summed E-state index contributed by atoms with van der Waals surface area (Å²) in [6.07, 6.45) is 7.14. The van der Waals surface area contributed by atoms with Gasteiger partial charge in [0.25, 0.3) is 0 Å². The van der Waals surface area contributed by atoms with Crippen molar-refractivity contribution in [3.8, 4) is 33.1 Å². The van der Waals surface area contributed by atoms with Crippen LogP contribution in [0.4, 0.5) is 0 Å². The summed E-state index contributed by atoms with van der Waals surface area (Å²) in [7, 11) is 0. The number of thiazole rings is 1. The van der Waals surface area contributed by atoms with Gasteiger partial charge in [-0.3, -0.25) is 4.98 Å². The highest BCUT2D eigenvalue weighted by Crippen LogP contribution is 2.35. The van der Waals surface area contributed by atoms with E-state index >= 15 is 0 Å². The van der Waals surface area contributed by atoms with Crippen LogP contribution in [0.25, 0.3) is 44.0 Å². The van der Waals surface area contributed by atoms with Crippen molar-refractivity contribution in [3.05, 3.63) is 71.9 Å². The highest BCUT2D eigenvalue weighted by Gasteiger charge is 2.15. The lowest BCUT2D eigenvalue weighted by Gasteiger charge is -2.08. The van der Waals surface area contributed by atoms with Crippen LogP contribution in [0.1, 0.15) is 30.3 Å². The van der Waals surface area contributed by atoms with Crippen LogP contribution in [-0.4, -0.2) is 24.9 Å². The van der Waals surface area contributed by atoms with E-state index in [9.17, 15) is 0 Å². The van der Waals surface area contributed by atoms with Crippen LogP contribution >= 0.6 is 11.3 Å². The minimum absolute atomic E-state index is 0.327. The van der Waals surface area contributed by atoms with Crippen LogP contribution in [0.2, 0.25) is 0 Å². The second-order valence-electron chi connectivity index (χ2n) is 7.63.